The van der Waals surface area contributed by atoms with E-state index in [0.29, 0.717) is 0 Å². The van der Waals surface area contributed by atoms with Crippen LogP contribution in [-0.4, -0.2) is 5.37 Å². The molecule has 79 valence electrons. The predicted octanol–water partition coefficient (Wildman–Crippen LogP) is 4.20. The first kappa shape index (κ1) is 11.4. The molecule has 0 saturated carbocycles. The van der Waals surface area contributed by atoms with Crippen molar-refractivity contribution in [2.75, 3.05) is 0 Å². The lowest BCUT2D eigenvalue weighted by molar-refractivity contribution is 1.37. The molecule has 2 rings (SSSR count). The zero-order chi connectivity index (χ0) is 11.2. The van der Waals surface area contributed by atoms with Crippen LogP contribution >= 0.6 is 24.0 Å². The van der Waals surface area contributed by atoms with Gasteiger partial charge in [-0.25, -0.2) is 0 Å². The first-order valence-corrected chi connectivity index (χ1v) is 6.43. The summed E-state index contributed by atoms with van der Waals surface area (Å²) < 4.78 is 0. The lowest BCUT2D eigenvalue weighted by Gasteiger charge is -2.04. The molecule has 0 amide bonds. The second-order valence-electron chi connectivity index (χ2n) is 3.37. The van der Waals surface area contributed by atoms with Crippen LogP contribution in [0.4, 0.5) is 0 Å². The molecular weight excluding hydrogens is 232 g/mol. The van der Waals surface area contributed by atoms with Gasteiger partial charge in [0, 0.05) is 16.2 Å². The van der Waals surface area contributed by atoms with Gasteiger partial charge in [0.05, 0.1) is 5.37 Å². The Labute approximate surface area is 106 Å². The van der Waals surface area contributed by atoms with Gasteiger partial charge in [-0.05, 0) is 11.6 Å². The molecule has 0 aliphatic rings. The van der Waals surface area contributed by atoms with E-state index in [-0.39, 0.29) is 0 Å². The minimum atomic E-state index is 0.967. The third kappa shape index (κ3) is 2.94. The second-order valence-corrected chi connectivity index (χ2v) is 4.59. The van der Waals surface area contributed by atoms with Gasteiger partial charge in [-0.2, -0.15) is 0 Å². The lowest BCUT2D eigenvalue weighted by Crippen LogP contribution is -1.85. The summed E-state index contributed by atoms with van der Waals surface area (Å²) in [5.41, 5.74) is 2.34. The van der Waals surface area contributed by atoms with Crippen molar-refractivity contribution in [1.82, 2.24) is 0 Å². The van der Waals surface area contributed by atoms with E-state index in [1.54, 1.807) is 11.8 Å². The second kappa shape index (κ2) is 5.83. The van der Waals surface area contributed by atoms with E-state index < -0.39 is 0 Å². The molecule has 0 atom stereocenters. The van der Waals surface area contributed by atoms with Gasteiger partial charge in [0.25, 0.3) is 0 Å². The Morgan fingerprint density at radius 1 is 0.938 bits per heavy atom. The molecule has 0 N–H and O–H groups in total. The third-order valence-electron chi connectivity index (χ3n) is 2.23. The summed E-state index contributed by atoms with van der Waals surface area (Å²) in [6, 6.07) is 18.5. The fraction of sp³-hybridized carbons (Fsp3) is 0.0714. The molecule has 0 spiro atoms. The monoisotopic (exact) mass is 243 g/mol. The maximum absolute atomic E-state index is 4.87. The van der Waals surface area contributed by atoms with E-state index in [4.69, 9.17) is 12.2 Å². The molecular formula is C14H11S2. The van der Waals surface area contributed by atoms with E-state index in [1.165, 1.54) is 10.5 Å². The number of benzene rings is 2. The number of thiocarbonyl (C=S) groups is 1. The zero-order valence-electron chi connectivity index (χ0n) is 8.72. The molecule has 0 saturated heterocycles. The van der Waals surface area contributed by atoms with E-state index in [9.17, 15) is 0 Å². The standard InChI is InChI=1S/C14H11S2/c15-10-13-8-4-5-9-14(13)16-11-12-6-2-1-3-7-12/h1-9H,11H2. The quantitative estimate of drug-likeness (QED) is 0.583. The van der Waals surface area contributed by atoms with Gasteiger partial charge in [0.15, 0.2) is 0 Å². The summed E-state index contributed by atoms with van der Waals surface area (Å²) in [7, 11) is 0. The topological polar surface area (TPSA) is 0 Å². The first-order valence-electron chi connectivity index (χ1n) is 5.04. The van der Waals surface area contributed by atoms with Crippen molar-refractivity contribution >= 4 is 29.3 Å². The molecule has 2 aromatic carbocycles. The highest BCUT2D eigenvalue weighted by Crippen LogP contribution is 2.25. The highest BCUT2D eigenvalue weighted by Gasteiger charge is 2.00. The number of thioether (sulfide) groups is 1. The normalized spacial score (nSPS) is 10.0. The van der Waals surface area contributed by atoms with Crippen molar-refractivity contribution in [3.8, 4) is 0 Å². The summed E-state index contributed by atoms with van der Waals surface area (Å²) in [4.78, 5) is 1.20. The number of hydrogen-bond acceptors (Lipinski definition) is 2. The van der Waals surface area contributed by atoms with Crippen molar-refractivity contribution in [3.63, 3.8) is 0 Å². The summed E-state index contributed by atoms with van der Waals surface area (Å²) >= 11 is 6.67. The van der Waals surface area contributed by atoms with E-state index in [2.05, 4.69) is 35.7 Å². The van der Waals surface area contributed by atoms with E-state index in [1.807, 2.05) is 24.3 Å². The minimum Gasteiger partial charge on any atom is -0.121 e. The van der Waals surface area contributed by atoms with Crippen LogP contribution in [0.5, 0.6) is 0 Å². The molecule has 0 bridgehead atoms. The van der Waals surface area contributed by atoms with Gasteiger partial charge >= 0.3 is 0 Å². The van der Waals surface area contributed by atoms with Crippen molar-refractivity contribution in [2.45, 2.75) is 10.6 Å². The SMILES string of the molecule is S=[C]c1ccccc1SCc1ccccc1. The van der Waals surface area contributed by atoms with Crippen LogP contribution in [0.3, 0.4) is 0 Å². The Bertz CT molecular complexity index is 463. The molecule has 0 nitrogen and oxygen atoms in total. The van der Waals surface area contributed by atoms with E-state index in [0.717, 1.165) is 11.3 Å². The van der Waals surface area contributed by atoms with Crippen LogP contribution in [-0.2, 0) is 5.75 Å². The number of rotatable bonds is 4. The van der Waals surface area contributed by atoms with Crippen LogP contribution < -0.4 is 0 Å². The average Bonchev–Trinajstić information content (AvgIpc) is 2.38. The third-order valence-corrected chi connectivity index (χ3v) is 3.60. The summed E-state index contributed by atoms with van der Waals surface area (Å²) in [6.45, 7) is 0. The summed E-state index contributed by atoms with van der Waals surface area (Å²) in [5, 5.41) is 2.79. The predicted molar refractivity (Wildman–Crippen MR) is 74.1 cm³/mol. The Morgan fingerprint density at radius 2 is 1.62 bits per heavy atom. The molecule has 16 heavy (non-hydrogen) atoms. The fourth-order valence-corrected chi connectivity index (χ4v) is 2.62. The molecule has 2 heteroatoms. The van der Waals surface area contributed by atoms with Crippen molar-refractivity contribution in [2.24, 2.45) is 0 Å². The highest BCUT2D eigenvalue weighted by molar-refractivity contribution is 7.98. The smallest absolute Gasteiger partial charge is 0.0647 e. The molecule has 0 aliphatic carbocycles. The van der Waals surface area contributed by atoms with E-state index >= 15 is 0 Å². The molecule has 0 unspecified atom stereocenters. The van der Waals surface area contributed by atoms with Crippen molar-refractivity contribution in [3.05, 3.63) is 65.7 Å². The van der Waals surface area contributed by atoms with Gasteiger partial charge in [0.1, 0.15) is 0 Å². The van der Waals surface area contributed by atoms with Gasteiger partial charge in [-0.1, -0.05) is 60.7 Å². The van der Waals surface area contributed by atoms with Crippen molar-refractivity contribution in [1.29, 1.82) is 0 Å². The lowest BCUT2D eigenvalue weighted by atomic mass is 10.2. The molecule has 0 aliphatic heterocycles. The van der Waals surface area contributed by atoms with Gasteiger partial charge < -0.3 is 0 Å². The summed E-state index contributed by atoms with van der Waals surface area (Å²) in [5.74, 6) is 0.967. The molecule has 0 heterocycles. The van der Waals surface area contributed by atoms with Crippen LogP contribution in [0.15, 0.2) is 59.5 Å². The zero-order valence-corrected chi connectivity index (χ0v) is 10.4. The maximum atomic E-state index is 4.87. The molecule has 0 fully saturated rings. The highest BCUT2D eigenvalue weighted by atomic mass is 32.2. The maximum Gasteiger partial charge on any atom is 0.0647 e. The van der Waals surface area contributed by atoms with Crippen LogP contribution in [0.25, 0.3) is 0 Å². The Kier molecular flexibility index (Phi) is 4.14. The van der Waals surface area contributed by atoms with Crippen molar-refractivity contribution < 1.29 is 0 Å². The van der Waals surface area contributed by atoms with Crippen LogP contribution in [0.2, 0.25) is 0 Å². The fourth-order valence-electron chi connectivity index (χ4n) is 1.41. The largest absolute Gasteiger partial charge is 0.121 e. The number of hydrogen-bond donors (Lipinski definition) is 0. The van der Waals surface area contributed by atoms with Crippen LogP contribution in [0, 0.1) is 0 Å². The van der Waals surface area contributed by atoms with Crippen LogP contribution in [0.1, 0.15) is 11.1 Å². The Balaban J connectivity index is 2.08. The first-order chi connectivity index (χ1) is 7.90. The van der Waals surface area contributed by atoms with Gasteiger partial charge in [-0.15, -0.1) is 11.8 Å². The Morgan fingerprint density at radius 3 is 2.38 bits per heavy atom. The molecule has 2 aromatic rings. The average molecular weight is 243 g/mol. The summed E-state index contributed by atoms with van der Waals surface area (Å²) in [6.07, 6.45) is 0. The van der Waals surface area contributed by atoms with Gasteiger partial charge in [-0.3, -0.25) is 0 Å². The Hall–Kier alpha value is -1.12. The minimum absolute atomic E-state index is 0.967. The van der Waals surface area contributed by atoms with Gasteiger partial charge in [0.2, 0.25) is 0 Å². The molecule has 0 aromatic heterocycles. The molecule has 1 radical (unpaired) electrons.